The van der Waals surface area contributed by atoms with Gasteiger partial charge in [-0.05, 0) is 12.5 Å². The molecule has 8 nitrogen and oxygen atoms in total. The first-order chi connectivity index (χ1) is 11.3. The molecule has 0 aliphatic carbocycles. The molecule has 0 aromatic heterocycles. The Morgan fingerprint density at radius 2 is 1.83 bits per heavy atom. The molecule has 7 atom stereocenters. The van der Waals surface area contributed by atoms with Gasteiger partial charge in [-0.1, -0.05) is 30.3 Å². The molecular formula is C16H20O8. The second-order valence-electron chi connectivity index (χ2n) is 6.27. The normalized spacial score (nSPS) is 41.8. The Bertz CT molecular complexity index is 593. The van der Waals surface area contributed by atoms with Gasteiger partial charge in [0.1, 0.15) is 30.0 Å². The van der Waals surface area contributed by atoms with Crippen LogP contribution in [-0.2, 0) is 19.0 Å². The van der Waals surface area contributed by atoms with Gasteiger partial charge in [-0.3, -0.25) is 0 Å². The van der Waals surface area contributed by atoms with Gasteiger partial charge in [0.25, 0.3) is 0 Å². The molecule has 1 aromatic rings. The second kappa shape index (κ2) is 6.40. The van der Waals surface area contributed by atoms with Crippen LogP contribution >= 0.6 is 0 Å². The summed E-state index contributed by atoms with van der Waals surface area (Å²) in [4.78, 5) is 11.1. The van der Waals surface area contributed by atoms with E-state index in [9.17, 15) is 20.1 Å². The SMILES string of the molecule is CC1(COC2OC(C(=O)O)C(O)C(O)C2O)OC1c1ccccc1. The topological polar surface area (TPSA) is 129 Å². The number of hydrogen-bond donors (Lipinski definition) is 4. The minimum atomic E-state index is -1.73. The number of aliphatic hydroxyl groups is 3. The summed E-state index contributed by atoms with van der Waals surface area (Å²) in [5.74, 6) is -1.45. The first-order valence-corrected chi connectivity index (χ1v) is 7.60. The van der Waals surface area contributed by atoms with E-state index in [1.54, 1.807) is 0 Å². The van der Waals surface area contributed by atoms with Gasteiger partial charge in [0.05, 0.1) is 6.61 Å². The number of ether oxygens (including phenoxy) is 3. The molecule has 2 saturated heterocycles. The van der Waals surface area contributed by atoms with E-state index >= 15 is 0 Å². The van der Waals surface area contributed by atoms with Crippen molar-refractivity contribution in [3.63, 3.8) is 0 Å². The maximum absolute atomic E-state index is 11.1. The molecule has 8 heteroatoms. The van der Waals surface area contributed by atoms with Crippen molar-refractivity contribution < 1.29 is 39.4 Å². The molecule has 0 bridgehead atoms. The van der Waals surface area contributed by atoms with Crippen LogP contribution in [0.2, 0.25) is 0 Å². The van der Waals surface area contributed by atoms with E-state index in [0.29, 0.717) is 0 Å². The van der Waals surface area contributed by atoms with Gasteiger partial charge in [-0.2, -0.15) is 0 Å². The van der Waals surface area contributed by atoms with Crippen molar-refractivity contribution >= 4 is 5.97 Å². The molecular weight excluding hydrogens is 320 g/mol. The molecule has 7 unspecified atom stereocenters. The van der Waals surface area contributed by atoms with Crippen LogP contribution in [0.15, 0.2) is 30.3 Å². The fraction of sp³-hybridized carbons (Fsp3) is 0.562. The number of rotatable bonds is 5. The Labute approximate surface area is 138 Å². The number of epoxide rings is 1. The standard InChI is InChI=1S/C16H20O8/c1-16(13(24-16)8-5-3-2-4-6-8)7-22-15-11(19)9(17)10(18)12(23-15)14(20)21/h2-6,9-13,15,17-19H,7H2,1H3,(H,20,21). The van der Waals surface area contributed by atoms with Crippen LogP contribution in [0.5, 0.6) is 0 Å². The van der Waals surface area contributed by atoms with Gasteiger partial charge in [0.15, 0.2) is 12.4 Å². The quantitative estimate of drug-likeness (QED) is 0.524. The van der Waals surface area contributed by atoms with Crippen LogP contribution in [0.3, 0.4) is 0 Å². The molecule has 2 fully saturated rings. The fourth-order valence-electron chi connectivity index (χ4n) is 2.83. The van der Waals surface area contributed by atoms with E-state index in [-0.39, 0.29) is 12.7 Å². The second-order valence-corrected chi connectivity index (χ2v) is 6.27. The first kappa shape index (κ1) is 17.3. The molecule has 132 valence electrons. The van der Waals surface area contributed by atoms with Crippen LogP contribution in [-0.4, -0.2) is 69.3 Å². The predicted octanol–water partition coefficient (Wildman–Crippen LogP) is -0.575. The van der Waals surface area contributed by atoms with Gasteiger partial charge in [-0.25, -0.2) is 4.79 Å². The molecule has 0 amide bonds. The minimum Gasteiger partial charge on any atom is -0.479 e. The average Bonchev–Trinajstić information content (AvgIpc) is 3.24. The van der Waals surface area contributed by atoms with Crippen molar-refractivity contribution in [2.45, 2.75) is 49.3 Å². The lowest BCUT2D eigenvalue weighted by atomic mass is 9.98. The van der Waals surface area contributed by atoms with Gasteiger partial charge in [-0.15, -0.1) is 0 Å². The Morgan fingerprint density at radius 1 is 1.17 bits per heavy atom. The molecule has 0 saturated carbocycles. The van der Waals surface area contributed by atoms with Crippen molar-refractivity contribution in [1.82, 2.24) is 0 Å². The highest BCUT2D eigenvalue weighted by atomic mass is 16.7. The van der Waals surface area contributed by atoms with Crippen LogP contribution in [0, 0.1) is 0 Å². The first-order valence-electron chi connectivity index (χ1n) is 7.60. The van der Waals surface area contributed by atoms with E-state index in [0.717, 1.165) is 5.56 Å². The van der Waals surface area contributed by atoms with Crippen LogP contribution in [0.4, 0.5) is 0 Å². The van der Waals surface area contributed by atoms with E-state index in [4.69, 9.17) is 19.3 Å². The fourth-order valence-corrected chi connectivity index (χ4v) is 2.83. The summed E-state index contributed by atoms with van der Waals surface area (Å²) in [6.07, 6.45) is -8.20. The maximum atomic E-state index is 11.1. The summed E-state index contributed by atoms with van der Waals surface area (Å²) in [5.41, 5.74) is 0.344. The van der Waals surface area contributed by atoms with E-state index < -0.39 is 42.3 Å². The molecule has 1 aromatic carbocycles. The van der Waals surface area contributed by atoms with Crippen LogP contribution in [0.1, 0.15) is 18.6 Å². The molecule has 2 heterocycles. The van der Waals surface area contributed by atoms with Gasteiger partial charge < -0.3 is 34.6 Å². The smallest absolute Gasteiger partial charge is 0.335 e. The summed E-state index contributed by atoms with van der Waals surface area (Å²) in [6.45, 7) is 1.85. The lowest BCUT2D eigenvalue weighted by Gasteiger charge is -2.38. The summed E-state index contributed by atoms with van der Waals surface area (Å²) >= 11 is 0. The van der Waals surface area contributed by atoms with Crippen LogP contribution in [0.25, 0.3) is 0 Å². The highest BCUT2D eigenvalue weighted by Gasteiger charge is 2.55. The van der Waals surface area contributed by atoms with Gasteiger partial charge >= 0.3 is 5.97 Å². The molecule has 0 radical (unpaired) electrons. The number of aliphatic hydroxyl groups excluding tert-OH is 3. The zero-order valence-electron chi connectivity index (χ0n) is 13.0. The van der Waals surface area contributed by atoms with Gasteiger partial charge in [0.2, 0.25) is 0 Å². The van der Waals surface area contributed by atoms with Crippen LogP contribution < -0.4 is 0 Å². The molecule has 3 rings (SSSR count). The lowest BCUT2D eigenvalue weighted by Crippen LogP contribution is -2.60. The number of carbonyl (C=O) groups is 1. The third kappa shape index (κ3) is 3.16. The predicted molar refractivity (Wildman–Crippen MR) is 78.9 cm³/mol. The minimum absolute atomic E-state index is 0.0312. The van der Waals surface area contributed by atoms with Crippen molar-refractivity contribution in [3.05, 3.63) is 35.9 Å². The zero-order chi connectivity index (χ0) is 17.5. The highest BCUT2D eigenvalue weighted by molar-refractivity contribution is 5.73. The Balaban J connectivity index is 1.61. The summed E-state index contributed by atoms with van der Waals surface area (Å²) < 4.78 is 16.2. The van der Waals surface area contributed by atoms with Crippen molar-refractivity contribution in [2.75, 3.05) is 6.61 Å². The Morgan fingerprint density at radius 3 is 2.46 bits per heavy atom. The average molecular weight is 340 g/mol. The molecule has 4 N–H and O–H groups in total. The summed E-state index contributed by atoms with van der Waals surface area (Å²) in [6, 6.07) is 9.51. The van der Waals surface area contributed by atoms with Crippen molar-refractivity contribution in [1.29, 1.82) is 0 Å². The van der Waals surface area contributed by atoms with Crippen molar-refractivity contribution in [2.24, 2.45) is 0 Å². The molecule has 24 heavy (non-hydrogen) atoms. The molecule has 2 aliphatic heterocycles. The largest absolute Gasteiger partial charge is 0.479 e. The Hall–Kier alpha value is -1.55. The number of carboxylic acid groups (broad SMARTS) is 1. The van der Waals surface area contributed by atoms with E-state index in [2.05, 4.69) is 0 Å². The zero-order valence-corrected chi connectivity index (χ0v) is 13.0. The number of aliphatic carboxylic acids is 1. The van der Waals surface area contributed by atoms with E-state index in [1.165, 1.54) is 0 Å². The third-order valence-electron chi connectivity index (χ3n) is 4.33. The number of benzene rings is 1. The monoisotopic (exact) mass is 340 g/mol. The molecule has 0 spiro atoms. The number of carboxylic acids is 1. The Kier molecular flexibility index (Phi) is 4.60. The molecule has 2 aliphatic rings. The lowest BCUT2D eigenvalue weighted by molar-refractivity contribution is -0.296. The number of hydrogen-bond acceptors (Lipinski definition) is 7. The summed E-state index contributed by atoms with van der Waals surface area (Å²) in [5, 5.41) is 38.3. The maximum Gasteiger partial charge on any atom is 0.335 e. The van der Waals surface area contributed by atoms with Gasteiger partial charge in [0, 0.05) is 0 Å². The summed E-state index contributed by atoms with van der Waals surface area (Å²) in [7, 11) is 0. The van der Waals surface area contributed by atoms with E-state index in [1.807, 2.05) is 37.3 Å². The third-order valence-corrected chi connectivity index (χ3v) is 4.33. The van der Waals surface area contributed by atoms with Crippen molar-refractivity contribution in [3.8, 4) is 0 Å². The highest BCUT2D eigenvalue weighted by Crippen LogP contribution is 2.49.